The average molecular weight is 301 g/mol. The Kier molecular flexibility index (Phi) is 4.06. The number of carbonyl (C=O) groups is 1. The van der Waals surface area contributed by atoms with Crippen molar-refractivity contribution in [1.82, 2.24) is 9.78 Å². The largest absolute Gasteiger partial charge is 0.448 e. The highest BCUT2D eigenvalue weighted by Crippen LogP contribution is 2.32. The number of nitrogens with two attached hydrogens (primary N) is 1. The summed E-state index contributed by atoms with van der Waals surface area (Å²) in [6.07, 6.45) is -3.87. The molecule has 2 aromatic rings. The van der Waals surface area contributed by atoms with Gasteiger partial charge in [-0.2, -0.15) is 17.9 Å². The van der Waals surface area contributed by atoms with E-state index in [-0.39, 0.29) is 23.3 Å². The zero-order chi connectivity index (χ0) is 15.6. The highest BCUT2D eigenvalue weighted by atomic mass is 19.4. The van der Waals surface area contributed by atoms with Gasteiger partial charge in [0.25, 0.3) is 0 Å². The summed E-state index contributed by atoms with van der Waals surface area (Å²) in [5.41, 5.74) is 4.71. The maximum absolute atomic E-state index is 12.7. The number of hydrogen-bond donors (Lipinski definition) is 1. The third kappa shape index (κ3) is 3.09. The standard InChI is InChI=1S/C13H14F3N3O2/c1-2-3-6-21-12(20)19-10-7-8(13(14,15)16)4-5-9(10)11(17)18-19/h4-5,7H,2-3,6H2,1H3,(H2,17,18). The Morgan fingerprint density at radius 3 is 2.76 bits per heavy atom. The van der Waals surface area contributed by atoms with E-state index in [9.17, 15) is 18.0 Å². The van der Waals surface area contributed by atoms with Gasteiger partial charge in [-0.05, 0) is 24.6 Å². The first-order chi connectivity index (χ1) is 9.84. The second kappa shape index (κ2) is 5.63. The molecule has 0 amide bonds. The van der Waals surface area contributed by atoms with E-state index in [1.165, 1.54) is 6.07 Å². The summed E-state index contributed by atoms with van der Waals surface area (Å²) in [6.45, 7) is 2.10. The summed E-state index contributed by atoms with van der Waals surface area (Å²) >= 11 is 0. The molecule has 21 heavy (non-hydrogen) atoms. The van der Waals surface area contributed by atoms with E-state index in [4.69, 9.17) is 10.5 Å². The molecular formula is C13H14F3N3O2. The van der Waals surface area contributed by atoms with Gasteiger partial charge in [0.05, 0.1) is 17.7 Å². The molecule has 5 nitrogen and oxygen atoms in total. The van der Waals surface area contributed by atoms with Crippen molar-refractivity contribution in [3.8, 4) is 0 Å². The maximum Gasteiger partial charge on any atom is 0.435 e. The van der Waals surface area contributed by atoms with Crippen LogP contribution in [0, 0.1) is 0 Å². The molecule has 0 saturated carbocycles. The minimum atomic E-state index is -4.51. The molecule has 0 spiro atoms. The predicted octanol–water partition coefficient (Wildman–Crippen LogP) is 3.42. The Balaban J connectivity index is 2.41. The molecule has 0 atom stereocenters. The molecule has 0 unspecified atom stereocenters. The van der Waals surface area contributed by atoms with E-state index in [0.717, 1.165) is 23.2 Å². The predicted molar refractivity (Wildman–Crippen MR) is 70.8 cm³/mol. The monoisotopic (exact) mass is 301 g/mol. The van der Waals surface area contributed by atoms with Gasteiger partial charge in [0.1, 0.15) is 0 Å². The van der Waals surface area contributed by atoms with Crippen LogP contribution in [-0.4, -0.2) is 22.5 Å². The number of fused-ring (bicyclic) bond motifs is 1. The fraction of sp³-hybridized carbons (Fsp3) is 0.385. The number of alkyl halides is 3. The topological polar surface area (TPSA) is 70.1 Å². The third-order valence-corrected chi connectivity index (χ3v) is 2.93. The van der Waals surface area contributed by atoms with Crippen LogP contribution in [0.1, 0.15) is 25.3 Å². The van der Waals surface area contributed by atoms with Gasteiger partial charge in [-0.1, -0.05) is 13.3 Å². The minimum Gasteiger partial charge on any atom is -0.448 e. The quantitative estimate of drug-likeness (QED) is 0.882. The van der Waals surface area contributed by atoms with Gasteiger partial charge < -0.3 is 10.5 Å². The molecule has 1 heterocycles. The number of aromatic nitrogens is 2. The number of rotatable bonds is 3. The smallest absolute Gasteiger partial charge is 0.435 e. The molecule has 0 radical (unpaired) electrons. The number of anilines is 1. The third-order valence-electron chi connectivity index (χ3n) is 2.93. The van der Waals surface area contributed by atoms with Crippen molar-refractivity contribution in [3.05, 3.63) is 23.8 Å². The molecule has 1 aromatic carbocycles. The van der Waals surface area contributed by atoms with Gasteiger partial charge in [0, 0.05) is 5.39 Å². The summed E-state index contributed by atoms with van der Waals surface area (Å²) in [6, 6.07) is 2.92. The zero-order valence-electron chi connectivity index (χ0n) is 11.3. The van der Waals surface area contributed by atoms with E-state index < -0.39 is 17.8 Å². The summed E-state index contributed by atoms with van der Waals surface area (Å²) < 4.78 is 43.9. The molecule has 0 aliphatic rings. The first kappa shape index (κ1) is 15.1. The number of unbranched alkanes of at least 4 members (excludes halogenated alkanes) is 1. The lowest BCUT2D eigenvalue weighted by molar-refractivity contribution is -0.137. The molecule has 8 heteroatoms. The highest BCUT2D eigenvalue weighted by Gasteiger charge is 2.31. The second-order valence-corrected chi connectivity index (χ2v) is 4.49. The SMILES string of the molecule is CCCCOC(=O)n1nc(N)c2ccc(C(F)(F)F)cc21. The van der Waals surface area contributed by atoms with Crippen molar-refractivity contribution in [2.45, 2.75) is 25.9 Å². The highest BCUT2D eigenvalue weighted by molar-refractivity contribution is 5.95. The van der Waals surface area contributed by atoms with Crippen molar-refractivity contribution >= 4 is 22.8 Å². The zero-order valence-corrected chi connectivity index (χ0v) is 11.3. The van der Waals surface area contributed by atoms with Crippen molar-refractivity contribution in [2.75, 3.05) is 12.3 Å². The van der Waals surface area contributed by atoms with Crippen LogP contribution in [0.2, 0.25) is 0 Å². The van der Waals surface area contributed by atoms with Gasteiger partial charge in [-0.3, -0.25) is 0 Å². The van der Waals surface area contributed by atoms with Gasteiger partial charge >= 0.3 is 12.3 Å². The molecule has 0 aliphatic carbocycles. The van der Waals surface area contributed by atoms with Crippen LogP contribution in [0.25, 0.3) is 10.9 Å². The number of hydrogen-bond acceptors (Lipinski definition) is 4. The Hall–Kier alpha value is -2.25. The number of nitrogens with zero attached hydrogens (tertiary/aromatic N) is 2. The van der Waals surface area contributed by atoms with Crippen molar-refractivity contribution in [2.24, 2.45) is 0 Å². The van der Waals surface area contributed by atoms with E-state index >= 15 is 0 Å². The first-order valence-electron chi connectivity index (χ1n) is 6.37. The lowest BCUT2D eigenvalue weighted by Gasteiger charge is -2.07. The number of halogens is 3. The van der Waals surface area contributed by atoms with Crippen LogP contribution >= 0.6 is 0 Å². The lowest BCUT2D eigenvalue weighted by Crippen LogP contribution is -2.16. The number of ether oxygens (including phenoxy) is 1. The molecule has 114 valence electrons. The van der Waals surface area contributed by atoms with Crippen molar-refractivity contribution in [1.29, 1.82) is 0 Å². The molecular weight excluding hydrogens is 287 g/mol. The summed E-state index contributed by atoms with van der Waals surface area (Å²) in [7, 11) is 0. The fourth-order valence-corrected chi connectivity index (χ4v) is 1.82. The van der Waals surface area contributed by atoms with Gasteiger partial charge in [-0.25, -0.2) is 4.79 Å². The molecule has 0 aliphatic heterocycles. The molecule has 1 aromatic heterocycles. The molecule has 2 N–H and O–H groups in total. The van der Waals surface area contributed by atoms with Crippen LogP contribution < -0.4 is 5.73 Å². The fourth-order valence-electron chi connectivity index (χ4n) is 1.82. The van der Waals surface area contributed by atoms with Crippen LogP contribution in [0.15, 0.2) is 18.2 Å². The number of nitrogen functional groups attached to an aromatic ring is 1. The van der Waals surface area contributed by atoms with Gasteiger partial charge in [0.2, 0.25) is 0 Å². The lowest BCUT2D eigenvalue weighted by atomic mass is 10.1. The second-order valence-electron chi connectivity index (χ2n) is 4.49. The summed E-state index contributed by atoms with van der Waals surface area (Å²) in [5.74, 6) is -0.0221. The van der Waals surface area contributed by atoms with E-state index in [0.29, 0.717) is 6.42 Å². The molecule has 0 saturated heterocycles. The van der Waals surface area contributed by atoms with Crippen LogP contribution in [0.5, 0.6) is 0 Å². The molecule has 0 bridgehead atoms. The molecule has 2 rings (SSSR count). The minimum absolute atomic E-state index is 0.0221. The summed E-state index contributed by atoms with van der Waals surface area (Å²) in [5, 5.41) is 4.02. The van der Waals surface area contributed by atoms with Crippen LogP contribution in [0.3, 0.4) is 0 Å². The summed E-state index contributed by atoms with van der Waals surface area (Å²) in [4.78, 5) is 11.8. The van der Waals surface area contributed by atoms with Crippen LogP contribution in [-0.2, 0) is 10.9 Å². The van der Waals surface area contributed by atoms with Gasteiger partial charge in [-0.15, -0.1) is 5.10 Å². The Bertz CT molecular complexity index is 664. The van der Waals surface area contributed by atoms with Gasteiger partial charge in [0.15, 0.2) is 5.82 Å². The Labute approximate surface area is 118 Å². The van der Waals surface area contributed by atoms with Crippen LogP contribution in [0.4, 0.5) is 23.8 Å². The van der Waals surface area contributed by atoms with Crippen molar-refractivity contribution < 1.29 is 22.7 Å². The number of benzene rings is 1. The normalized spacial score (nSPS) is 11.8. The Morgan fingerprint density at radius 2 is 2.14 bits per heavy atom. The first-order valence-corrected chi connectivity index (χ1v) is 6.37. The number of carbonyl (C=O) groups excluding carboxylic acids is 1. The maximum atomic E-state index is 12.7. The van der Waals surface area contributed by atoms with Crippen molar-refractivity contribution in [3.63, 3.8) is 0 Å². The van der Waals surface area contributed by atoms with E-state index in [1.54, 1.807) is 0 Å². The average Bonchev–Trinajstić information content (AvgIpc) is 2.75. The molecule has 0 fully saturated rings. The van der Waals surface area contributed by atoms with E-state index in [2.05, 4.69) is 5.10 Å². The Morgan fingerprint density at radius 1 is 1.43 bits per heavy atom. The van der Waals surface area contributed by atoms with E-state index in [1.807, 2.05) is 6.92 Å².